The molecule has 4 heteroatoms. The van der Waals surface area contributed by atoms with Crippen LogP contribution >= 0.6 is 0 Å². The van der Waals surface area contributed by atoms with E-state index in [2.05, 4.69) is 48.0 Å². The van der Waals surface area contributed by atoms with E-state index in [0.29, 0.717) is 11.6 Å². The Morgan fingerprint density at radius 1 is 1.07 bits per heavy atom. The van der Waals surface area contributed by atoms with Gasteiger partial charge in [0, 0.05) is 37.8 Å². The molecule has 2 aromatic rings. The van der Waals surface area contributed by atoms with Crippen molar-refractivity contribution in [3.05, 3.63) is 65.5 Å². The Kier molecular flexibility index (Phi) is 5.49. The Labute approximate surface area is 168 Å². The van der Waals surface area contributed by atoms with Gasteiger partial charge in [0.2, 0.25) is 0 Å². The minimum atomic E-state index is 0.0823. The zero-order chi connectivity index (χ0) is 19.6. The van der Waals surface area contributed by atoms with Gasteiger partial charge in [0.1, 0.15) is 5.69 Å². The fraction of sp³-hybridized carbons (Fsp3) is 0.500. The minimum Gasteiger partial charge on any atom is -0.337 e. The van der Waals surface area contributed by atoms with E-state index in [1.807, 2.05) is 23.1 Å². The molecule has 1 aromatic carbocycles. The maximum absolute atomic E-state index is 12.8. The summed E-state index contributed by atoms with van der Waals surface area (Å²) >= 11 is 0. The highest BCUT2D eigenvalue weighted by Gasteiger charge is 2.43. The lowest BCUT2D eigenvalue weighted by Gasteiger charge is -2.40. The third kappa shape index (κ3) is 4.12. The fourth-order valence-electron chi connectivity index (χ4n) is 4.80. The average molecular weight is 378 g/mol. The molecule has 1 aromatic heterocycles. The average Bonchev–Trinajstić information content (AvgIpc) is 3.11. The highest BCUT2D eigenvalue weighted by atomic mass is 16.2. The summed E-state index contributed by atoms with van der Waals surface area (Å²) in [5.74, 6) is 0.660. The molecule has 2 saturated heterocycles. The van der Waals surface area contributed by atoms with Crippen molar-refractivity contribution >= 4 is 5.91 Å². The van der Waals surface area contributed by atoms with Crippen LogP contribution in [0.3, 0.4) is 0 Å². The first kappa shape index (κ1) is 19.1. The maximum atomic E-state index is 12.8. The first-order chi connectivity index (χ1) is 13.5. The summed E-state index contributed by atoms with van der Waals surface area (Å²) in [4.78, 5) is 21.6. The molecular formula is C24H31N3O. The Bertz CT molecular complexity index is 802. The quantitative estimate of drug-likeness (QED) is 0.796. The van der Waals surface area contributed by atoms with Gasteiger partial charge in [-0.05, 0) is 55.0 Å². The van der Waals surface area contributed by atoms with Gasteiger partial charge in [0.15, 0.2) is 0 Å². The molecule has 1 amide bonds. The number of hydrogen-bond donors (Lipinski definition) is 0. The second-order valence-corrected chi connectivity index (χ2v) is 8.90. The van der Waals surface area contributed by atoms with E-state index < -0.39 is 0 Å². The van der Waals surface area contributed by atoms with Crippen LogP contribution in [-0.4, -0.2) is 46.9 Å². The lowest BCUT2D eigenvalue weighted by atomic mass is 9.79. The van der Waals surface area contributed by atoms with Crippen LogP contribution in [0.15, 0.2) is 48.7 Å². The van der Waals surface area contributed by atoms with Gasteiger partial charge in [-0.25, -0.2) is 0 Å². The predicted octanol–water partition coefficient (Wildman–Crippen LogP) is 4.33. The smallest absolute Gasteiger partial charge is 0.272 e. The van der Waals surface area contributed by atoms with Crippen molar-refractivity contribution in [3.63, 3.8) is 0 Å². The minimum absolute atomic E-state index is 0.0823. The molecule has 2 aliphatic rings. The van der Waals surface area contributed by atoms with E-state index in [9.17, 15) is 4.79 Å². The van der Waals surface area contributed by atoms with Crippen molar-refractivity contribution in [2.45, 2.75) is 45.6 Å². The van der Waals surface area contributed by atoms with Gasteiger partial charge in [0.25, 0.3) is 5.91 Å². The van der Waals surface area contributed by atoms with E-state index in [1.54, 1.807) is 6.20 Å². The number of piperidine rings is 1. The summed E-state index contributed by atoms with van der Waals surface area (Å²) in [7, 11) is 0. The van der Waals surface area contributed by atoms with Crippen LogP contribution in [0.25, 0.3) is 0 Å². The van der Waals surface area contributed by atoms with Gasteiger partial charge in [0.05, 0.1) is 0 Å². The molecule has 3 heterocycles. The van der Waals surface area contributed by atoms with E-state index in [0.717, 1.165) is 39.1 Å². The third-order valence-electron chi connectivity index (χ3n) is 6.40. The van der Waals surface area contributed by atoms with Gasteiger partial charge < -0.3 is 4.90 Å². The van der Waals surface area contributed by atoms with E-state index >= 15 is 0 Å². The topological polar surface area (TPSA) is 36.4 Å². The highest BCUT2D eigenvalue weighted by Crippen LogP contribution is 2.39. The molecule has 0 saturated carbocycles. The Morgan fingerprint density at radius 2 is 1.89 bits per heavy atom. The van der Waals surface area contributed by atoms with Crippen LogP contribution in [0, 0.1) is 5.41 Å². The van der Waals surface area contributed by atoms with E-state index in [4.69, 9.17) is 0 Å². The standard InChI is InChI=1S/C24H31N3O/c1-19(2)21-9-7-20(8-10-21)16-26-14-5-11-24(17-26)12-15-27(18-24)23(28)22-6-3-4-13-25-22/h3-4,6-10,13,19H,5,11-12,14-18H2,1-2H3/t24-/m0/s1. The number of carbonyl (C=O) groups excluding carboxylic acids is 1. The number of pyridine rings is 1. The van der Waals surface area contributed by atoms with Crippen molar-refractivity contribution < 1.29 is 4.79 Å². The molecule has 148 valence electrons. The summed E-state index contributed by atoms with van der Waals surface area (Å²) in [6, 6.07) is 14.7. The zero-order valence-corrected chi connectivity index (χ0v) is 17.1. The van der Waals surface area contributed by atoms with Gasteiger partial charge in [-0.3, -0.25) is 14.7 Å². The van der Waals surface area contributed by atoms with Crippen LogP contribution in [0.1, 0.15) is 60.6 Å². The van der Waals surface area contributed by atoms with Crippen LogP contribution in [0.4, 0.5) is 0 Å². The van der Waals surface area contributed by atoms with Crippen molar-refractivity contribution in [1.29, 1.82) is 0 Å². The predicted molar refractivity (Wildman–Crippen MR) is 112 cm³/mol. The Balaban J connectivity index is 1.39. The molecule has 2 aliphatic heterocycles. The first-order valence-corrected chi connectivity index (χ1v) is 10.6. The van der Waals surface area contributed by atoms with Gasteiger partial charge in [-0.15, -0.1) is 0 Å². The molecule has 0 aliphatic carbocycles. The van der Waals surface area contributed by atoms with Crippen LogP contribution < -0.4 is 0 Å². The molecule has 2 fully saturated rings. The van der Waals surface area contributed by atoms with Crippen LogP contribution in [0.5, 0.6) is 0 Å². The normalized spacial score (nSPS) is 22.9. The molecule has 1 atom stereocenters. The molecule has 1 spiro atoms. The third-order valence-corrected chi connectivity index (χ3v) is 6.40. The number of amides is 1. The number of benzene rings is 1. The monoisotopic (exact) mass is 377 g/mol. The highest BCUT2D eigenvalue weighted by molar-refractivity contribution is 5.92. The Hall–Kier alpha value is -2.20. The van der Waals surface area contributed by atoms with Crippen molar-refractivity contribution in [3.8, 4) is 0 Å². The molecule has 28 heavy (non-hydrogen) atoms. The van der Waals surface area contributed by atoms with Crippen LogP contribution in [-0.2, 0) is 6.54 Å². The molecule has 0 N–H and O–H groups in total. The molecule has 4 rings (SSSR count). The molecule has 0 radical (unpaired) electrons. The summed E-state index contributed by atoms with van der Waals surface area (Å²) in [6.07, 6.45) is 5.25. The fourth-order valence-corrected chi connectivity index (χ4v) is 4.80. The van der Waals surface area contributed by atoms with Crippen LogP contribution in [0.2, 0.25) is 0 Å². The van der Waals surface area contributed by atoms with Crippen molar-refractivity contribution in [1.82, 2.24) is 14.8 Å². The number of likely N-dealkylation sites (tertiary alicyclic amines) is 2. The summed E-state index contributed by atoms with van der Waals surface area (Å²) < 4.78 is 0. The molecule has 0 unspecified atom stereocenters. The number of nitrogens with zero attached hydrogens (tertiary/aromatic N) is 3. The summed E-state index contributed by atoms with van der Waals surface area (Å²) in [5.41, 5.74) is 3.61. The molecule has 4 nitrogen and oxygen atoms in total. The van der Waals surface area contributed by atoms with E-state index in [1.165, 1.54) is 24.0 Å². The largest absolute Gasteiger partial charge is 0.337 e. The van der Waals surface area contributed by atoms with Gasteiger partial charge >= 0.3 is 0 Å². The number of rotatable bonds is 4. The second kappa shape index (κ2) is 8.04. The molecular weight excluding hydrogens is 346 g/mol. The Morgan fingerprint density at radius 3 is 2.61 bits per heavy atom. The van der Waals surface area contributed by atoms with Gasteiger partial charge in [-0.1, -0.05) is 44.2 Å². The molecule has 0 bridgehead atoms. The maximum Gasteiger partial charge on any atom is 0.272 e. The number of carbonyl (C=O) groups is 1. The number of aromatic nitrogens is 1. The van der Waals surface area contributed by atoms with Crippen molar-refractivity contribution in [2.75, 3.05) is 26.2 Å². The number of hydrogen-bond acceptors (Lipinski definition) is 3. The van der Waals surface area contributed by atoms with E-state index in [-0.39, 0.29) is 11.3 Å². The van der Waals surface area contributed by atoms with Gasteiger partial charge in [-0.2, -0.15) is 0 Å². The van der Waals surface area contributed by atoms with Crippen molar-refractivity contribution in [2.24, 2.45) is 5.41 Å². The summed E-state index contributed by atoms with van der Waals surface area (Å²) in [5, 5.41) is 0. The lowest BCUT2D eigenvalue weighted by Crippen LogP contribution is -2.45. The second-order valence-electron chi connectivity index (χ2n) is 8.90. The lowest BCUT2D eigenvalue weighted by molar-refractivity contribution is 0.0671. The SMILES string of the molecule is CC(C)c1ccc(CN2CCC[C@]3(CCN(C(=O)c4ccccn4)C3)C2)cc1. The first-order valence-electron chi connectivity index (χ1n) is 10.6. The summed E-state index contributed by atoms with van der Waals surface area (Å²) in [6.45, 7) is 9.45. The zero-order valence-electron chi connectivity index (χ0n) is 17.1.